The summed E-state index contributed by atoms with van der Waals surface area (Å²) in [4.78, 5) is 14.1. The molecule has 1 aliphatic heterocycles. The first kappa shape index (κ1) is 15.5. The summed E-state index contributed by atoms with van der Waals surface area (Å²) >= 11 is 0. The Hall–Kier alpha value is -1.93. The van der Waals surface area contributed by atoms with Crippen LogP contribution >= 0.6 is 0 Å². The number of carbonyl (C=O) groups excluding carboxylic acids is 1. The Balaban J connectivity index is 2.08. The fourth-order valence-electron chi connectivity index (χ4n) is 2.45. The van der Waals surface area contributed by atoms with E-state index in [1.54, 1.807) is 17.0 Å². The first-order valence-electron chi connectivity index (χ1n) is 7.24. The molecular weight excluding hydrogens is 269 g/mol. The summed E-state index contributed by atoms with van der Waals surface area (Å²) in [6, 6.07) is 6.28. The number of nitrogens with zero attached hydrogens (tertiary/aromatic N) is 2. The normalized spacial score (nSPS) is 15.9. The van der Waals surface area contributed by atoms with E-state index in [4.69, 9.17) is 5.26 Å². The fraction of sp³-hybridized carbons (Fsp3) is 0.500. The molecule has 0 bridgehead atoms. The first-order valence-corrected chi connectivity index (χ1v) is 7.24. The summed E-state index contributed by atoms with van der Waals surface area (Å²) < 4.78 is 13.9. The summed E-state index contributed by atoms with van der Waals surface area (Å²) in [5, 5.41) is 11.9. The highest BCUT2D eigenvalue weighted by Crippen LogP contribution is 2.20. The van der Waals surface area contributed by atoms with Crippen LogP contribution in [-0.4, -0.2) is 30.4 Å². The fourth-order valence-corrected chi connectivity index (χ4v) is 2.45. The van der Waals surface area contributed by atoms with Crippen LogP contribution in [0.5, 0.6) is 0 Å². The Morgan fingerprint density at radius 1 is 1.57 bits per heavy atom. The zero-order chi connectivity index (χ0) is 15.4. The van der Waals surface area contributed by atoms with Crippen LogP contribution in [-0.2, 0) is 11.3 Å². The zero-order valence-electron chi connectivity index (χ0n) is 12.4. The summed E-state index contributed by atoms with van der Waals surface area (Å²) in [6.07, 6.45) is 0. The molecule has 0 aliphatic carbocycles. The smallest absolute Gasteiger partial charge is 0.226 e. The van der Waals surface area contributed by atoms with E-state index in [0.29, 0.717) is 23.6 Å². The number of amides is 1. The number of rotatable bonds is 5. The van der Waals surface area contributed by atoms with Gasteiger partial charge in [-0.25, -0.2) is 4.39 Å². The van der Waals surface area contributed by atoms with Gasteiger partial charge in [0.2, 0.25) is 5.91 Å². The van der Waals surface area contributed by atoms with Crippen molar-refractivity contribution in [2.75, 3.05) is 19.6 Å². The Kier molecular flexibility index (Phi) is 4.92. The van der Waals surface area contributed by atoms with E-state index in [2.05, 4.69) is 5.32 Å². The number of nitriles is 1. The van der Waals surface area contributed by atoms with Gasteiger partial charge < -0.3 is 10.2 Å². The van der Waals surface area contributed by atoms with Crippen LogP contribution in [0.3, 0.4) is 0 Å². The molecule has 4 nitrogen and oxygen atoms in total. The zero-order valence-corrected chi connectivity index (χ0v) is 12.4. The number of carbonyl (C=O) groups is 1. The Bertz CT molecular complexity index is 563. The maximum Gasteiger partial charge on any atom is 0.226 e. The van der Waals surface area contributed by atoms with Crippen molar-refractivity contribution in [3.63, 3.8) is 0 Å². The SMILES string of the molecule is CCN(Cc1ccc(C#N)cc1F)C(=O)C(C)C1CNC1. The summed E-state index contributed by atoms with van der Waals surface area (Å²) in [6.45, 7) is 6.36. The third-order valence-electron chi connectivity index (χ3n) is 4.15. The van der Waals surface area contributed by atoms with Crippen molar-refractivity contribution in [2.24, 2.45) is 11.8 Å². The van der Waals surface area contributed by atoms with Crippen LogP contribution in [0.1, 0.15) is 25.0 Å². The van der Waals surface area contributed by atoms with E-state index in [1.165, 1.54) is 6.07 Å². The minimum absolute atomic E-state index is 0.0485. The lowest BCUT2D eigenvalue weighted by Crippen LogP contribution is -2.50. The molecule has 112 valence electrons. The number of hydrogen-bond acceptors (Lipinski definition) is 3. The molecule has 1 N–H and O–H groups in total. The molecule has 0 aromatic heterocycles. The summed E-state index contributed by atoms with van der Waals surface area (Å²) in [7, 11) is 0. The van der Waals surface area contributed by atoms with Crippen LogP contribution in [0.2, 0.25) is 0 Å². The topological polar surface area (TPSA) is 56.1 Å². The lowest BCUT2D eigenvalue weighted by atomic mass is 9.88. The highest BCUT2D eigenvalue weighted by Gasteiger charge is 2.31. The van der Waals surface area contributed by atoms with Crippen molar-refractivity contribution in [3.8, 4) is 6.07 Å². The lowest BCUT2D eigenvalue weighted by molar-refractivity contribution is -0.137. The second kappa shape index (κ2) is 6.68. The van der Waals surface area contributed by atoms with Gasteiger partial charge in [0.15, 0.2) is 0 Å². The van der Waals surface area contributed by atoms with Gasteiger partial charge in [-0.05, 0) is 38.1 Å². The average Bonchev–Trinajstić information content (AvgIpc) is 2.43. The monoisotopic (exact) mass is 289 g/mol. The van der Waals surface area contributed by atoms with Gasteiger partial charge in [-0.15, -0.1) is 0 Å². The second-order valence-corrected chi connectivity index (χ2v) is 5.48. The highest BCUT2D eigenvalue weighted by molar-refractivity contribution is 5.79. The van der Waals surface area contributed by atoms with Gasteiger partial charge in [-0.3, -0.25) is 4.79 Å². The van der Waals surface area contributed by atoms with E-state index in [1.807, 2.05) is 19.9 Å². The van der Waals surface area contributed by atoms with Crippen LogP contribution in [0.15, 0.2) is 18.2 Å². The van der Waals surface area contributed by atoms with Gasteiger partial charge in [0, 0.05) is 24.6 Å². The standard InChI is InChI=1S/C16H20FN3O/c1-3-20(16(21)11(2)14-8-19-9-14)10-13-5-4-12(7-18)6-15(13)17/h4-6,11,14,19H,3,8-10H2,1-2H3. The predicted octanol–water partition coefficient (Wildman–Crippen LogP) is 1.90. The third kappa shape index (κ3) is 3.40. The molecule has 0 radical (unpaired) electrons. The Morgan fingerprint density at radius 2 is 2.29 bits per heavy atom. The largest absolute Gasteiger partial charge is 0.338 e. The van der Waals surface area contributed by atoms with Crippen molar-refractivity contribution in [3.05, 3.63) is 35.1 Å². The molecule has 0 saturated carbocycles. The predicted molar refractivity (Wildman–Crippen MR) is 77.7 cm³/mol. The van der Waals surface area contributed by atoms with Crippen molar-refractivity contribution in [1.29, 1.82) is 5.26 Å². The summed E-state index contributed by atoms with van der Waals surface area (Å²) in [5.74, 6) is -0.0453. The van der Waals surface area contributed by atoms with Crippen molar-refractivity contribution in [2.45, 2.75) is 20.4 Å². The number of nitrogens with one attached hydrogen (secondary N) is 1. The molecule has 1 saturated heterocycles. The van der Waals surface area contributed by atoms with Gasteiger partial charge in [0.1, 0.15) is 5.82 Å². The van der Waals surface area contributed by atoms with E-state index < -0.39 is 5.82 Å². The molecule has 1 aliphatic rings. The van der Waals surface area contributed by atoms with Crippen molar-refractivity contribution >= 4 is 5.91 Å². The Morgan fingerprint density at radius 3 is 2.76 bits per heavy atom. The molecule has 1 atom stereocenters. The Labute approximate surface area is 124 Å². The molecule has 1 heterocycles. The van der Waals surface area contributed by atoms with E-state index in [0.717, 1.165) is 13.1 Å². The quantitative estimate of drug-likeness (QED) is 0.900. The van der Waals surface area contributed by atoms with E-state index in [-0.39, 0.29) is 18.4 Å². The van der Waals surface area contributed by atoms with Gasteiger partial charge in [-0.1, -0.05) is 13.0 Å². The molecule has 5 heteroatoms. The molecule has 1 aromatic carbocycles. The minimum Gasteiger partial charge on any atom is -0.338 e. The third-order valence-corrected chi connectivity index (χ3v) is 4.15. The van der Waals surface area contributed by atoms with Crippen LogP contribution in [0, 0.1) is 29.0 Å². The molecule has 1 fully saturated rings. The molecule has 1 amide bonds. The minimum atomic E-state index is -0.432. The second-order valence-electron chi connectivity index (χ2n) is 5.48. The molecule has 2 rings (SSSR count). The van der Waals surface area contributed by atoms with Crippen LogP contribution < -0.4 is 5.32 Å². The molecular formula is C16H20FN3O. The van der Waals surface area contributed by atoms with Crippen LogP contribution in [0.4, 0.5) is 4.39 Å². The van der Waals surface area contributed by atoms with Crippen molar-refractivity contribution < 1.29 is 9.18 Å². The van der Waals surface area contributed by atoms with E-state index >= 15 is 0 Å². The van der Waals surface area contributed by atoms with Gasteiger partial charge in [-0.2, -0.15) is 5.26 Å². The molecule has 0 spiro atoms. The maximum absolute atomic E-state index is 13.9. The molecule has 21 heavy (non-hydrogen) atoms. The molecule has 1 aromatic rings. The lowest BCUT2D eigenvalue weighted by Gasteiger charge is -2.34. The number of halogens is 1. The van der Waals surface area contributed by atoms with Crippen LogP contribution in [0.25, 0.3) is 0 Å². The van der Waals surface area contributed by atoms with Gasteiger partial charge >= 0.3 is 0 Å². The molecule has 1 unspecified atom stereocenters. The van der Waals surface area contributed by atoms with Crippen molar-refractivity contribution in [1.82, 2.24) is 10.2 Å². The average molecular weight is 289 g/mol. The van der Waals surface area contributed by atoms with Gasteiger partial charge in [0.05, 0.1) is 11.6 Å². The highest BCUT2D eigenvalue weighted by atomic mass is 19.1. The number of hydrogen-bond donors (Lipinski definition) is 1. The van der Waals surface area contributed by atoms with Gasteiger partial charge in [0.25, 0.3) is 0 Å². The first-order chi connectivity index (χ1) is 10.1. The maximum atomic E-state index is 13.9. The van der Waals surface area contributed by atoms with E-state index in [9.17, 15) is 9.18 Å². The number of benzene rings is 1. The summed E-state index contributed by atoms with van der Waals surface area (Å²) in [5.41, 5.74) is 0.739.